The van der Waals surface area contributed by atoms with Crippen LogP contribution in [0.5, 0.6) is 0 Å². The predicted octanol–water partition coefficient (Wildman–Crippen LogP) is 5.03. The highest BCUT2D eigenvalue weighted by molar-refractivity contribution is 5.95. The molecule has 1 amide bonds. The zero-order chi connectivity index (χ0) is 23.4. The smallest absolute Gasteiger partial charge is 0.228 e. The first kappa shape index (κ1) is 23.1. The SMILES string of the molecule is Cc1nc(CN(C)CC[C@@H](C)c2ccccc2)nc2c1CCC(=O)N2Cc1ccc(F)cc1. The Morgan fingerprint density at radius 2 is 1.79 bits per heavy atom. The van der Waals surface area contributed by atoms with Crippen molar-refractivity contribution in [3.8, 4) is 0 Å². The maximum Gasteiger partial charge on any atom is 0.228 e. The maximum atomic E-state index is 13.3. The second-order valence-corrected chi connectivity index (χ2v) is 8.97. The minimum Gasteiger partial charge on any atom is -0.299 e. The number of amides is 1. The second-order valence-electron chi connectivity index (χ2n) is 8.97. The average molecular weight is 447 g/mol. The molecule has 0 aliphatic carbocycles. The summed E-state index contributed by atoms with van der Waals surface area (Å²) in [4.78, 5) is 26.3. The van der Waals surface area contributed by atoms with Crippen LogP contribution < -0.4 is 4.90 Å². The van der Waals surface area contributed by atoms with Crippen LogP contribution in [0.4, 0.5) is 10.2 Å². The topological polar surface area (TPSA) is 49.3 Å². The number of halogens is 1. The molecule has 6 heteroatoms. The molecule has 1 atom stereocenters. The first-order chi connectivity index (χ1) is 15.9. The first-order valence-electron chi connectivity index (χ1n) is 11.6. The third-order valence-corrected chi connectivity index (χ3v) is 6.36. The van der Waals surface area contributed by atoms with Crippen molar-refractivity contribution >= 4 is 11.7 Å². The van der Waals surface area contributed by atoms with Gasteiger partial charge in [0.25, 0.3) is 0 Å². The van der Waals surface area contributed by atoms with E-state index in [2.05, 4.69) is 43.1 Å². The molecular formula is C27H31FN4O. The fraction of sp³-hybridized carbons (Fsp3) is 0.370. The Morgan fingerprint density at radius 3 is 2.52 bits per heavy atom. The minimum atomic E-state index is -0.283. The molecule has 0 unspecified atom stereocenters. The Balaban J connectivity index is 1.47. The van der Waals surface area contributed by atoms with Gasteiger partial charge in [0.1, 0.15) is 17.5 Å². The summed E-state index contributed by atoms with van der Waals surface area (Å²) in [7, 11) is 2.08. The number of fused-ring (bicyclic) bond motifs is 1. The molecule has 0 bridgehead atoms. The van der Waals surface area contributed by atoms with Gasteiger partial charge in [-0.1, -0.05) is 49.4 Å². The summed E-state index contributed by atoms with van der Waals surface area (Å²) in [6.07, 6.45) is 2.14. The number of benzene rings is 2. The summed E-state index contributed by atoms with van der Waals surface area (Å²) in [6, 6.07) is 16.8. The summed E-state index contributed by atoms with van der Waals surface area (Å²) < 4.78 is 13.3. The highest BCUT2D eigenvalue weighted by Gasteiger charge is 2.28. The van der Waals surface area contributed by atoms with Crippen LogP contribution in [0, 0.1) is 12.7 Å². The molecule has 2 heterocycles. The van der Waals surface area contributed by atoms with Crippen LogP contribution in [-0.4, -0.2) is 34.4 Å². The number of nitrogens with zero attached hydrogens (tertiary/aromatic N) is 4. The predicted molar refractivity (Wildman–Crippen MR) is 128 cm³/mol. The zero-order valence-corrected chi connectivity index (χ0v) is 19.6. The summed E-state index contributed by atoms with van der Waals surface area (Å²) in [6.45, 7) is 6.17. The number of rotatable bonds is 8. The molecule has 0 fully saturated rings. The van der Waals surface area contributed by atoms with Crippen molar-refractivity contribution in [3.05, 3.63) is 88.6 Å². The van der Waals surface area contributed by atoms with Crippen molar-refractivity contribution in [2.24, 2.45) is 0 Å². The van der Waals surface area contributed by atoms with E-state index < -0.39 is 0 Å². The van der Waals surface area contributed by atoms with Crippen molar-refractivity contribution in [2.45, 2.75) is 52.1 Å². The summed E-state index contributed by atoms with van der Waals surface area (Å²) in [5, 5.41) is 0. The van der Waals surface area contributed by atoms with E-state index in [0.29, 0.717) is 37.7 Å². The van der Waals surface area contributed by atoms with Crippen LogP contribution in [0.2, 0.25) is 0 Å². The van der Waals surface area contributed by atoms with Crippen LogP contribution in [0.3, 0.4) is 0 Å². The van der Waals surface area contributed by atoms with E-state index >= 15 is 0 Å². The van der Waals surface area contributed by atoms with Crippen molar-refractivity contribution < 1.29 is 9.18 Å². The van der Waals surface area contributed by atoms with E-state index in [0.717, 1.165) is 35.6 Å². The molecule has 0 radical (unpaired) electrons. The van der Waals surface area contributed by atoms with Gasteiger partial charge in [0.2, 0.25) is 5.91 Å². The van der Waals surface area contributed by atoms with Crippen LogP contribution in [0.15, 0.2) is 54.6 Å². The molecule has 0 N–H and O–H groups in total. The molecule has 0 saturated carbocycles. The largest absolute Gasteiger partial charge is 0.299 e. The molecule has 1 aliphatic rings. The lowest BCUT2D eigenvalue weighted by Crippen LogP contribution is -2.36. The summed E-state index contributed by atoms with van der Waals surface area (Å²) >= 11 is 0. The Labute approximate surface area is 195 Å². The third kappa shape index (κ3) is 5.63. The molecule has 1 aromatic heterocycles. The maximum absolute atomic E-state index is 13.3. The highest BCUT2D eigenvalue weighted by Crippen LogP contribution is 2.29. The third-order valence-electron chi connectivity index (χ3n) is 6.36. The number of aromatic nitrogens is 2. The number of anilines is 1. The summed E-state index contributed by atoms with van der Waals surface area (Å²) in [5.41, 5.74) is 4.18. The minimum absolute atomic E-state index is 0.0425. The molecule has 1 aliphatic heterocycles. The molecule has 0 saturated heterocycles. The molecule has 2 aromatic carbocycles. The lowest BCUT2D eigenvalue weighted by molar-refractivity contribution is -0.119. The van der Waals surface area contributed by atoms with Gasteiger partial charge in [-0.3, -0.25) is 14.6 Å². The standard InChI is InChI=1S/C27H31FN4O/c1-19(22-7-5-4-6-8-22)15-16-31(3)18-25-29-20(2)24-13-14-26(33)32(27(24)30-25)17-21-9-11-23(28)12-10-21/h4-12,19H,13-18H2,1-3H3/t19-/m1/s1. The fourth-order valence-electron chi connectivity index (χ4n) is 4.33. The van der Waals surface area contributed by atoms with Crippen molar-refractivity contribution in [1.29, 1.82) is 0 Å². The van der Waals surface area contributed by atoms with Gasteiger partial charge in [0.05, 0.1) is 13.1 Å². The van der Waals surface area contributed by atoms with Gasteiger partial charge in [-0.15, -0.1) is 0 Å². The van der Waals surface area contributed by atoms with E-state index in [1.165, 1.54) is 17.7 Å². The lowest BCUT2D eigenvalue weighted by Gasteiger charge is -2.30. The highest BCUT2D eigenvalue weighted by atomic mass is 19.1. The van der Waals surface area contributed by atoms with Gasteiger partial charge < -0.3 is 0 Å². The van der Waals surface area contributed by atoms with E-state index in [9.17, 15) is 9.18 Å². The first-order valence-corrected chi connectivity index (χ1v) is 11.6. The van der Waals surface area contributed by atoms with Gasteiger partial charge in [0.15, 0.2) is 0 Å². The van der Waals surface area contributed by atoms with Gasteiger partial charge in [-0.2, -0.15) is 0 Å². The molecule has 172 valence electrons. The number of hydrogen-bond donors (Lipinski definition) is 0. The van der Waals surface area contributed by atoms with Crippen LogP contribution in [0.1, 0.15) is 53.9 Å². The fourth-order valence-corrected chi connectivity index (χ4v) is 4.33. The number of carbonyl (C=O) groups is 1. The number of hydrogen-bond acceptors (Lipinski definition) is 4. The van der Waals surface area contributed by atoms with Gasteiger partial charge in [0, 0.05) is 17.7 Å². The normalized spacial score (nSPS) is 14.5. The van der Waals surface area contributed by atoms with Crippen molar-refractivity contribution in [3.63, 3.8) is 0 Å². The number of carbonyl (C=O) groups excluding carboxylic acids is 1. The monoisotopic (exact) mass is 446 g/mol. The van der Waals surface area contributed by atoms with Crippen LogP contribution in [0.25, 0.3) is 0 Å². The van der Waals surface area contributed by atoms with Crippen molar-refractivity contribution in [1.82, 2.24) is 14.9 Å². The molecule has 33 heavy (non-hydrogen) atoms. The average Bonchev–Trinajstić information content (AvgIpc) is 2.81. The molecule has 4 rings (SSSR count). The van der Waals surface area contributed by atoms with E-state index in [1.54, 1.807) is 17.0 Å². The zero-order valence-electron chi connectivity index (χ0n) is 19.6. The van der Waals surface area contributed by atoms with Gasteiger partial charge in [-0.05, 0) is 62.5 Å². The Kier molecular flexibility index (Phi) is 7.14. The van der Waals surface area contributed by atoms with E-state index in [-0.39, 0.29) is 11.7 Å². The van der Waals surface area contributed by atoms with Gasteiger partial charge >= 0.3 is 0 Å². The molecule has 5 nitrogen and oxygen atoms in total. The lowest BCUT2D eigenvalue weighted by atomic mass is 9.98. The number of aryl methyl sites for hydroxylation is 1. The Bertz CT molecular complexity index is 1100. The van der Waals surface area contributed by atoms with Crippen molar-refractivity contribution in [2.75, 3.05) is 18.5 Å². The quantitative estimate of drug-likeness (QED) is 0.487. The Morgan fingerprint density at radius 1 is 1.06 bits per heavy atom. The second kappa shape index (κ2) is 10.2. The molecular weight excluding hydrogens is 415 g/mol. The molecule has 3 aromatic rings. The van der Waals surface area contributed by atoms with Crippen LogP contribution in [-0.2, 0) is 24.3 Å². The van der Waals surface area contributed by atoms with Crippen LogP contribution >= 0.6 is 0 Å². The Hall–Kier alpha value is -3.12. The van der Waals surface area contributed by atoms with E-state index in [1.807, 2.05) is 13.0 Å². The summed E-state index contributed by atoms with van der Waals surface area (Å²) in [5.74, 6) is 1.66. The van der Waals surface area contributed by atoms with Gasteiger partial charge in [-0.25, -0.2) is 14.4 Å². The van der Waals surface area contributed by atoms with E-state index in [4.69, 9.17) is 9.97 Å². The molecule has 0 spiro atoms.